The number of furan rings is 1. The first-order chi connectivity index (χ1) is 9.53. The maximum atomic E-state index is 12.1. The van der Waals surface area contributed by atoms with Gasteiger partial charge in [-0.05, 0) is 45.0 Å². The van der Waals surface area contributed by atoms with E-state index in [2.05, 4.69) is 9.62 Å². The number of nitrogens with one attached hydrogen (secondary N) is 1. The second kappa shape index (κ2) is 6.71. The van der Waals surface area contributed by atoms with E-state index >= 15 is 0 Å². The molecule has 7 heteroatoms. The Balaban J connectivity index is 1.91. The zero-order valence-corrected chi connectivity index (χ0v) is 12.7. The van der Waals surface area contributed by atoms with Crippen molar-refractivity contribution in [1.29, 1.82) is 0 Å². The Hall–Kier alpha value is -0.890. The molecule has 0 amide bonds. The van der Waals surface area contributed by atoms with Gasteiger partial charge >= 0.3 is 0 Å². The maximum absolute atomic E-state index is 12.1. The molecule has 1 aromatic rings. The summed E-state index contributed by atoms with van der Waals surface area (Å²) in [6, 6.07) is 3.22. The van der Waals surface area contributed by atoms with E-state index in [-0.39, 0.29) is 17.7 Å². The lowest BCUT2D eigenvalue weighted by atomic mass is 10.1. The van der Waals surface area contributed by atoms with Gasteiger partial charge in [0.25, 0.3) is 10.0 Å². The van der Waals surface area contributed by atoms with Crippen molar-refractivity contribution < 1.29 is 12.8 Å². The number of rotatable bonds is 6. The molecule has 0 bridgehead atoms. The monoisotopic (exact) mass is 301 g/mol. The lowest BCUT2D eigenvalue weighted by Crippen LogP contribution is -2.44. The second-order valence-electron chi connectivity index (χ2n) is 5.22. The van der Waals surface area contributed by atoms with Gasteiger partial charge in [-0.15, -0.1) is 0 Å². The molecule has 1 atom stereocenters. The molecule has 114 valence electrons. The van der Waals surface area contributed by atoms with Crippen LogP contribution in [0.4, 0.5) is 0 Å². The predicted octanol–water partition coefficient (Wildman–Crippen LogP) is 0.891. The van der Waals surface area contributed by atoms with Gasteiger partial charge in [-0.1, -0.05) is 6.42 Å². The van der Waals surface area contributed by atoms with Crippen LogP contribution in [0.15, 0.2) is 21.6 Å². The Morgan fingerprint density at radius 3 is 2.65 bits per heavy atom. The molecule has 0 aliphatic carbocycles. The molecule has 6 nitrogen and oxygen atoms in total. The number of hydrogen-bond donors (Lipinski definition) is 2. The third kappa shape index (κ3) is 3.82. The Morgan fingerprint density at radius 2 is 2.05 bits per heavy atom. The van der Waals surface area contributed by atoms with E-state index < -0.39 is 10.0 Å². The zero-order valence-electron chi connectivity index (χ0n) is 11.8. The van der Waals surface area contributed by atoms with Crippen LogP contribution in [-0.2, 0) is 16.6 Å². The van der Waals surface area contributed by atoms with Crippen LogP contribution in [0.2, 0.25) is 0 Å². The largest absolute Gasteiger partial charge is 0.447 e. The van der Waals surface area contributed by atoms with Crippen LogP contribution < -0.4 is 10.5 Å². The van der Waals surface area contributed by atoms with Crippen molar-refractivity contribution in [2.75, 3.05) is 19.6 Å². The third-order valence-corrected chi connectivity index (χ3v) is 4.98. The van der Waals surface area contributed by atoms with Crippen molar-refractivity contribution in [2.24, 2.45) is 5.73 Å². The quantitative estimate of drug-likeness (QED) is 0.814. The average molecular weight is 301 g/mol. The van der Waals surface area contributed by atoms with Crippen molar-refractivity contribution in [3.05, 3.63) is 17.9 Å². The SMILES string of the molecule is CC(CNS(=O)(=O)c1ccc(CN)o1)N1CCCCC1. The molecule has 2 heterocycles. The van der Waals surface area contributed by atoms with E-state index in [0.717, 1.165) is 13.1 Å². The van der Waals surface area contributed by atoms with Crippen LogP contribution in [0, 0.1) is 0 Å². The highest BCUT2D eigenvalue weighted by Crippen LogP contribution is 2.15. The van der Waals surface area contributed by atoms with Gasteiger partial charge in [0.1, 0.15) is 5.76 Å². The van der Waals surface area contributed by atoms with Gasteiger partial charge in [-0.3, -0.25) is 4.90 Å². The van der Waals surface area contributed by atoms with Crippen LogP contribution in [-0.4, -0.2) is 39.0 Å². The van der Waals surface area contributed by atoms with Crippen LogP contribution in [0.1, 0.15) is 31.9 Å². The fraction of sp³-hybridized carbons (Fsp3) is 0.692. The molecule has 1 aliphatic rings. The third-order valence-electron chi connectivity index (χ3n) is 3.69. The summed E-state index contributed by atoms with van der Waals surface area (Å²) in [6.07, 6.45) is 3.65. The fourth-order valence-corrected chi connectivity index (χ4v) is 3.47. The first-order valence-corrected chi connectivity index (χ1v) is 8.54. The molecule has 1 unspecified atom stereocenters. The van der Waals surface area contributed by atoms with Gasteiger partial charge in [0, 0.05) is 12.6 Å². The minimum Gasteiger partial charge on any atom is -0.447 e. The van der Waals surface area contributed by atoms with E-state index in [0.29, 0.717) is 12.3 Å². The van der Waals surface area contributed by atoms with Gasteiger partial charge in [0.2, 0.25) is 5.09 Å². The van der Waals surface area contributed by atoms with Crippen molar-refractivity contribution in [1.82, 2.24) is 9.62 Å². The number of likely N-dealkylation sites (tertiary alicyclic amines) is 1. The topological polar surface area (TPSA) is 88.6 Å². The van der Waals surface area contributed by atoms with Crippen molar-refractivity contribution in [3.8, 4) is 0 Å². The Labute approximate surface area is 120 Å². The van der Waals surface area contributed by atoms with Gasteiger partial charge in [-0.2, -0.15) is 0 Å². The molecule has 3 N–H and O–H groups in total. The number of sulfonamides is 1. The highest BCUT2D eigenvalue weighted by Gasteiger charge is 2.22. The Kier molecular flexibility index (Phi) is 5.20. The van der Waals surface area contributed by atoms with E-state index in [9.17, 15) is 8.42 Å². The predicted molar refractivity (Wildman–Crippen MR) is 76.7 cm³/mol. The van der Waals surface area contributed by atoms with Crippen molar-refractivity contribution in [3.63, 3.8) is 0 Å². The smallest absolute Gasteiger partial charge is 0.274 e. The molecular weight excluding hydrogens is 278 g/mol. The summed E-state index contributed by atoms with van der Waals surface area (Å²) < 4.78 is 32.0. The Bertz CT molecular complexity index is 521. The standard InChI is InChI=1S/C13H23N3O3S/c1-11(16-7-3-2-4-8-16)10-15-20(17,18)13-6-5-12(9-14)19-13/h5-6,11,15H,2-4,7-10,14H2,1H3. The summed E-state index contributed by atoms with van der Waals surface area (Å²) in [7, 11) is -3.58. The lowest BCUT2D eigenvalue weighted by molar-refractivity contribution is 0.175. The molecule has 0 spiro atoms. The minimum absolute atomic E-state index is 0.0659. The zero-order chi connectivity index (χ0) is 14.6. The maximum Gasteiger partial charge on any atom is 0.274 e. The molecule has 1 saturated heterocycles. The summed E-state index contributed by atoms with van der Waals surface area (Å²) in [4.78, 5) is 2.32. The number of nitrogens with zero attached hydrogens (tertiary/aromatic N) is 1. The Morgan fingerprint density at radius 1 is 1.35 bits per heavy atom. The summed E-state index contributed by atoms with van der Waals surface area (Å²) in [5, 5.41) is -0.0659. The summed E-state index contributed by atoms with van der Waals surface area (Å²) in [6.45, 7) is 4.71. The molecule has 1 fully saturated rings. The molecular formula is C13H23N3O3S. The molecule has 0 saturated carbocycles. The first kappa shape index (κ1) is 15.5. The highest BCUT2D eigenvalue weighted by molar-refractivity contribution is 7.89. The summed E-state index contributed by atoms with van der Waals surface area (Å²) in [5.74, 6) is 0.467. The van der Waals surface area contributed by atoms with Crippen LogP contribution in [0.3, 0.4) is 0 Å². The van der Waals surface area contributed by atoms with Crippen molar-refractivity contribution >= 4 is 10.0 Å². The molecule has 1 aromatic heterocycles. The fourth-order valence-electron chi connectivity index (χ4n) is 2.40. The van der Waals surface area contributed by atoms with E-state index in [1.807, 2.05) is 6.92 Å². The number of piperidine rings is 1. The molecule has 0 radical (unpaired) electrons. The molecule has 2 rings (SSSR count). The lowest BCUT2D eigenvalue weighted by Gasteiger charge is -2.32. The molecule has 0 aromatic carbocycles. The summed E-state index contributed by atoms with van der Waals surface area (Å²) >= 11 is 0. The molecule has 20 heavy (non-hydrogen) atoms. The van der Waals surface area contributed by atoms with Gasteiger partial charge in [-0.25, -0.2) is 13.1 Å². The van der Waals surface area contributed by atoms with Crippen LogP contribution in [0.25, 0.3) is 0 Å². The second-order valence-corrected chi connectivity index (χ2v) is 6.92. The van der Waals surface area contributed by atoms with E-state index in [4.69, 9.17) is 10.2 Å². The highest BCUT2D eigenvalue weighted by atomic mass is 32.2. The van der Waals surface area contributed by atoms with Crippen LogP contribution in [0.5, 0.6) is 0 Å². The van der Waals surface area contributed by atoms with Gasteiger partial charge < -0.3 is 10.2 Å². The van der Waals surface area contributed by atoms with Gasteiger partial charge in [0.05, 0.1) is 6.54 Å². The van der Waals surface area contributed by atoms with Gasteiger partial charge in [0.15, 0.2) is 0 Å². The molecule has 1 aliphatic heterocycles. The number of nitrogens with two attached hydrogens (primary N) is 1. The first-order valence-electron chi connectivity index (χ1n) is 7.05. The summed E-state index contributed by atoms with van der Waals surface area (Å²) in [5.41, 5.74) is 5.41. The minimum atomic E-state index is -3.58. The van der Waals surface area contributed by atoms with E-state index in [1.54, 1.807) is 6.07 Å². The van der Waals surface area contributed by atoms with E-state index in [1.165, 1.54) is 25.3 Å². The average Bonchev–Trinajstić information content (AvgIpc) is 2.95. The number of hydrogen-bond acceptors (Lipinski definition) is 5. The normalized spacial score (nSPS) is 19.1. The van der Waals surface area contributed by atoms with Crippen molar-refractivity contribution in [2.45, 2.75) is 43.9 Å². The van der Waals surface area contributed by atoms with Crippen LogP contribution >= 0.6 is 0 Å².